The minimum Gasteiger partial charge on any atom is -0.381 e. The fourth-order valence-corrected chi connectivity index (χ4v) is 6.27. The molecule has 3 aromatic heterocycles. The van der Waals surface area contributed by atoms with Crippen LogP contribution in [0.2, 0.25) is 0 Å². The Balaban J connectivity index is 1.22. The molecule has 9 heteroatoms. The molecule has 7 rings (SSSR count). The number of carbonyl (C=O) groups is 1. The topological polar surface area (TPSA) is 97.2 Å². The second-order valence-electron chi connectivity index (χ2n) is 11.4. The third-order valence-corrected chi connectivity index (χ3v) is 8.42. The zero-order valence-electron chi connectivity index (χ0n) is 21.5. The van der Waals surface area contributed by atoms with E-state index in [0.717, 1.165) is 73.9 Å². The molecular formula is C28H33N7O2. The highest BCUT2D eigenvalue weighted by molar-refractivity contribution is 6.05. The zero-order valence-corrected chi connectivity index (χ0v) is 21.5. The molecule has 4 aliphatic rings. The monoisotopic (exact) mass is 499 g/mol. The van der Waals surface area contributed by atoms with Gasteiger partial charge >= 0.3 is 0 Å². The molecule has 0 aromatic carbocycles. The highest BCUT2D eigenvalue weighted by Gasteiger charge is 2.49. The van der Waals surface area contributed by atoms with Gasteiger partial charge in [-0.3, -0.25) is 14.5 Å². The first-order valence-corrected chi connectivity index (χ1v) is 13.3. The van der Waals surface area contributed by atoms with Crippen LogP contribution in [0.5, 0.6) is 0 Å². The Morgan fingerprint density at radius 3 is 2.84 bits per heavy atom. The molecular weight excluding hydrogens is 466 g/mol. The molecule has 3 aliphatic heterocycles. The van der Waals surface area contributed by atoms with Gasteiger partial charge in [0.05, 0.1) is 35.0 Å². The predicted octanol–water partition coefficient (Wildman–Crippen LogP) is 3.62. The largest absolute Gasteiger partial charge is 0.381 e. The van der Waals surface area contributed by atoms with E-state index in [2.05, 4.69) is 45.5 Å². The lowest BCUT2D eigenvalue weighted by Gasteiger charge is -2.25. The van der Waals surface area contributed by atoms with Crippen LogP contribution in [0.25, 0.3) is 11.3 Å². The molecule has 0 bridgehead atoms. The van der Waals surface area contributed by atoms with Crippen LogP contribution in [0.3, 0.4) is 0 Å². The average Bonchev–Trinajstić information content (AvgIpc) is 3.16. The van der Waals surface area contributed by atoms with Crippen LogP contribution in [0, 0.1) is 5.41 Å². The maximum absolute atomic E-state index is 13.0. The van der Waals surface area contributed by atoms with E-state index in [1.54, 1.807) is 6.20 Å². The molecule has 1 saturated heterocycles. The quantitative estimate of drug-likeness (QED) is 0.535. The average molecular weight is 500 g/mol. The normalized spacial score (nSPS) is 19.8. The summed E-state index contributed by atoms with van der Waals surface area (Å²) in [6.07, 6.45) is 9.36. The number of ether oxygens (including phenoxy) is 1. The SMILES string of the molecule is CN(C)Cc1nc(Nc2cnc(-c3cnn4c3CC3(CC3)C4)c3c2C(=O)NC3)ccc1C1CCOCC1. The molecule has 0 unspecified atom stereocenters. The number of nitrogens with zero attached hydrogens (tertiary/aromatic N) is 5. The second kappa shape index (κ2) is 8.63. The van der Waals surface area contributed by atoms with Crippen LogP contribution in [0.4, 0.5) is 11.5 Å². The fourth-order valence-electron chi connectivity index (χ4n) is 6.27. The summed E-state index contributed by atoms with van der Waals surface area (Å²) in [6.45, 7) is 3.84. The van der Waals surface area contributed by atoms with E-state index >= 15 is 0 Å². The summed E-state index contributed by atoms with van der Waals surface area (Å²) in [5.41, 5.74) is 8.26. The molecule has 1 saturated carbocycles. The number of carbonyl (C=O) groups excluding carboxylic acids is 1. The number of pyridine rings is 2. The van der Waals surface area contributed by atoms with Gasteiger partial charge in [0.25, 0.3) is 5.91 Å². The summed E-state index contributed by atoms with van der Waals surface area (Å²) in [6, 6.07) is 4.22. The summed E-state index contributed by atoms with van der Waals surface area (Å²) in [7, 11) is 4.13. The van der Waals surface area contributed by atoms with E-state index in [1.165, 1.54) is 24.1 Å². The maximum atomic E-state index is 13.0. The third kappa shape index (κ3) is 4.01. The lowest BCUT2D eigenvalue weighted by atomic mass is 9.90. The van der Waals surface area contributed by atoms with E-state index in [0.29, 0.717) is 29.1 Å². The molecule has 1 aliphatic carbocycles. The standard InChI is InChI=1S/C28H33N7O2/c1-34(2)15-22-18(17-5-9-37-10-6-17)3-4-24(33-22)32-21-14-29-26(20-12-30-27(36)25(20)21)19-13-31-35-16-28(7-8-28)11-23(19)35/h3-4,13-14,17H,5-12,15-16H2,1-2H3,(H,30,36)(H,32,33). The number of aromatic nitrogens is 4. The summed E-state index contributed by atoms with van der Waals surface area (Å²) in [4.78, 5) is 25.0. The van der Waals surface area contributed by atoms with Crippen molar-refractivity contribution in [2.75, 3.05) is 32.6 Å². The van der Waals surface area contributed by atoms with Crippen LogP contribution in [0.15, 0.2) is 24.5 Å². The van der Waals surface area contributed by atoms with Gasteiger partial charge in [0.15, 0.2) is 0 Å². The molecule has 0 atom stereocenters. The highest BCUT2D eigenvalue weighted by Crippen LogP contribution is 2.54. The van der Waals surface area contributed by atoms with Gasteiger partial charge in [0.2, 0.25) is 0 Å². The van der Waals surface area contributed by atoms with Gasteiger partial charge in [-0.1, -0.05) is 6.07 Å². The van der Waals surface area contributed by atoms with Crippen molar-refractivity contribution in [1.82, 2.24) is 30.0 Å². The van der Waals surface area contributed by atoms with Crippen molar-refractivity contribution >= 4 is 17.4 Å². The van der Waals surface area contributed by atoms with Crippen LogP contribution in [-0.4, -0.2) is 57.9 Å². The van der Waals surface area contributed by atoms with Gasteiger partial charge in [-0.2, -0.15) is 5.10 Å². The number of anilines is 2. The van der Waals surface area contributed by atoms with Crippen LogP contribution in [0.1, 0.15) is 64.5 Å². The minimum absolute atomic E-state index is 0.0732. The number of hydrogen-bond donors (Lipinski definition) is 2. The summed E-state index contributed by atoms with van der Waals surface area (Å²) < 4.78 is 7.72. The molecule has 1 amide bonds. The van der Waals surface area contributed by atoms with Crippen molar-refractivity contribution in [1.29, 1.82) is 0 Å². The summed E-state index contributed by atoms with van der Waals surface area (Å²) in [5, 5.41) is 11.1. The van der Waals surface area contributed by atoms with Gasteiger partial charge in [0, 0.05) is 49.7 Å². The Morgan fingerprint density at radius 2 is 2.05 bits per heavy atom. The smallest absolute Gasteiger partial charge is 0.254 e. The Labute approximate surface area is 216 Å². The first kappa shape index (κ1) is 22.9. The second-order valence-corrected chi connectivity index (χ2v) is 11.4. The Bertz CT molecular complexity index is 1390. The van der Waals surface area contributed by atoms with Crippen LogP contribution >= 0.6 is 0 Å². The number of hydrogen-bond acceptors (Lipinski definition) is 7. The summed E-state index contributed by atoms with van der Waals surface area (Å²) in [5.74, 6) is 1.12. The molecule has 2 fully saturated rings. The minimum atomic E-state index is -0.0732. The molecule has 6 heterocycles. The fraction of sp³-hybridized carbons (Fsp3) is 0.500. The van der Waals surface area contributed by atoms with E-state index in [9.17, 15) is 4.79 Å². The first-order chi connectivity index (χ1) is 18.0. The van der Waals surface area contributed by atoms with E-state index in [-0.39, 0.29) is 5.91 Å². The van der Waals surface area contributed by atoms with Crippen molar-refractivity contribution in [2.45, 2.75) is 57.7 Å². The van der Waals surface area contributed by atoms with Gasteiger partial charge in [-0.05, 0) is 69.2 Å². The molecule has 37 heavy (non-hydrogen) atoms. The number of fused-ring (bicyclic) bond motifs is 2. The predicted molar refractivity (Wildman–Crippen MR) is 140 cm³/mol. The van der Waals surface area contributed by atoms with E-state index in [4.69, 9.17) is 14.7 Å². The molecule has 192 valence electrons. The molecule has 3 aromatic rings. The summed E-state index contributed by atoms with van der Waals surface area (Å²) >= 11 is 0. The first-order valence-electron chi connectivity index (χ1n) is 13.3. The Hall–Kier alpha value is -3.30. The third-order valence-electron chi connectivity index (χ3n) is 8.42. The lowest BCUT2D eigenvalue weighted by Crippen LogP contribution is -2.20. The number of amides is 1. The van der Waals surface area contributed by atoms with Crippen molar-refractivity contribution in [3.05, 3.63) is 52.6 Å². The molecule has 1 spiro atoms. The van der Waals surface area contributed by atoms with Crippen molar-refractivity contribution in [3.63, 3.8) is 0 Å². The van der Waals surface area contributed by atoms with E-state index < -0.39 is 0 Å². The van der Waals surface area contributed by atoms with Gasteiger partial charge in [-0.25, -0.2) is 4.98 Å². The Morgan fingerprint density at radius 1 is 1.22 bits per heavy atom. The molecule has 0 radical (unpaired) electrons. The molecule has 2 N–H and O–H groups in total. The Kier molecular flexibility index (Phi) is 5.33. The van der Waals surface area contributed by atoms with Crippen LogP contribution < -0.4 is 10.6 Å². The van der Waals surface area contributed by atoms with Gasteiger partial charge in [-0.15, -0.1) is 0 Å². The van der Waals surface area contributed by atoms with Crippen molar-refractivity contribution < 1.29 is 9.53 Å². The van der Waals surface area contributed by atoms with E-state index in [1.807, 2.05) is 12.3 Å². The highest BCUT2D eigenvalue weighted by atomic mass is 16.5. The molecule has 9 nitrogen and oxygen atoms in total. The van der Waals surface area contributed by atoms with Gasteiger partial charge < -0.3 is 20.3 Å². The van der Waals surface area contributed by atoms with Crippen molar-refractivity contribution in [2.24, 2.45) is 5.41 Å². The zero-order chi connectivity index (χ0) is 25.1. The lowest BCUT2D eigenvalue weighted by molar-refractivity contribution is 0.0849. The number of nitrogens with one attached hydrogen (secondary N) is 2. The van der Waals surface area contributed by atoms with Crippen molar-refractivity contribution in [3.8, 4) is 11.3 Å². The van der Waals surface area contributed by atoms with Gasteiger partial charge in [0.1, 0.15) is 5.82 Å². The maximum Gasteiger partial charge on any atom is 0.254 e. The van der Waals surface area contributed by atoms with Crippen LogP contribution in [-0.2, 0) is 30.8 Å². The number of rotatable bonds is 6.